The molecule has 0 aliphatic heterocycles. The van der Waals surface area contributed by atoms with Gasteiger partial charge in [0, 0.05) is 12.6 Å². The van der Waals surface area contributed by atoms with E-state index in [1.165, 1.54) is 0 Å². The maximum atomic E-state index is 10.4. The van der Waals surface area contributed by atoms with E-state index in [0.29, 0.717) is 0 Å². The lowest BCUT2D eigenvalue weighted by atomic mass is 10.1. The monoisotopic (exact) mass is 181 g/mol. The van der Waals surface area contributed by atoms with E-state index in [0.717, 1.165) is 5.56 Å². The van der Waals surface area contributed by atoms with Crippen molar-refractivity contribution in [2.24, 2.45) is 0 Å². The molecule has 0 aliphatic carbocycles. The third-order valence-corrected chi connectivity index (χ3v) is 1.64. The van der Waals surface area contributed by atoms with Crippen LogP contribution in [0, 0.1) is 0 Å². The van der Waals surface area contributed by atoms with Gasteiger partial charge in [-0.15, -0.1) is 0 Å². The van der Waals surface area contributed by atoms with Gasteiger partial charge in [-0.25, -0.2) is 4.79 Å². The summed E-state index contributed by atoms with van der Waals surface area (Å²) in [7, 11) is 0. The molecule has 1 rings (SSSR count). The van der Waals surface area contributed by atoms with Crippen LogP contribution >= 0.6 is 12.6 Å². The van der Waals surface area contributed by atoms with Crippen LogP contribution in [-0.4, -0.2) is 5.30 Å². The Labute approximate surface area is 77.0 Å². The molecule has 0 saturated heterocycles. The van der Waals surface area contributed by atoms with Gasteiger partial charge in [-0.1, -0.05) is 30.3 Å². The van der Waals surface area contributed by atoms with Gasteiger partial charge >= 0.3 is 5.30 Å². The number of benzene rings is 1. The standard InChI is InChI=1S/C9H9O2S/c1-7(11-9(10)12)8-5-3-2-4-6-8/h2-7H,1H3. The molecule has 0 spiro atoms. The summed E-state index contributed by atoms with van der Waals surface area (Å²) in [4.78, 5) is 10.4. The Bertz CT molecular complexity index is 258. The van der Waals surface area contributed by atoms with Gasteiger partial charge in [0.05, 0.1) is 0 Å². The largest absolute Gasteiger partial charge is 0.446 e. The highest BCUT2D eigenvalue weighted by atomic mass is 32.1. The van der Waals surface area contributed by atoms with E-state index in [4.69, 9.17) is 4.74 Å². The van der Waals surface area contributed by atoms with E-state index < -0.39 is 5.30 Å². The molecule has 0 heterocycles. The van der Waals surface area contributed by atoms with Gasteiger partial charge in [0.2, 0.25) is 0 Å². The fraction of sp³-hybridized carbons (Fsp3) is 0.222. The molecule has 3 heteroatoms. The van der Waals surface area contributed by atoms with E-state index in [2.05, 4.69) is 12.6 Å². The summed E-state index contributed by atoms with van der Waals surface area (Å²) in [6.45, 7) is 1.79. The minimum Gasteiger partial charge on any atom is -0.446 e. The number of carbonyl (C=O) groups excluding carboxylic acids is 1. The first-order valence-corrected chi connectivity index (χ1v) is 4.03. The van der Waals surface area contributed by atoms with Crippen LogP contribution in [-0.2, 0) is 4.74 Å². The van der Waals surface area contributed by atoms with E-state index in [-0.39, 0.29) is 6.10 Å². The molecular formula is C9H9O2S. The molecule has 0 saturated carbocycles. The molecule has 2 nitrogen and oxygen atoms in total. The Morgan fingerprint density at radius 2 is 2.00 bits per heavy atom. The topological polar surface area (TPSA) is 26.3 Å². The average molecular weight is 181 g/mol. The van der Waals surface area contributed by atoms with Crippen molar-refractivity contribution in [2.45, 2.75) is 13.0 Å². The van der Waals surface area contributed by atoms with Crippen molar-refractivity contribution in [1.82, 2.24) is 0 Å². The maximum absolute atomic E-state index is 10.4. The third-order valence-electron chi connectivity index (χ3n) is 1.54. The zero-order valence-electron chi connectivity index (χ0n) is 6.69. The van der Waals surface area contributed by atoms with E-state index in [9.17, 15) is 4.79 Å². The van der Waals surface area contributed by atoms with Gasteiger partial charge < -0.3 is 4.74 Å². The average Bonchev–Trinajstić information content (AvgIpc) is 2.05. The second-order valence-electron chi connectivity index (χ2n) is 2.42. The lowest BCUT2D eigenvalue weighted by Gasteiger charge is -2.09. The Morgan fingerprint density at radius 1 is 1.42 bits per heavy atom. The van der Waals surface area contributed by atoms with Gasteiger partial charge in [-0.2, -0.15) is 0 Å². The smallest absolute Gasteiger partial charge is 0.400 e. The van der Waals surface area contributed by atoms with Crippen molar-refractivity contribution in [1.29, 1.82) is 0 Å². The summed E-state index contributed by atoms with van der Waals surface area (Å²) < 4.78 is 4.81. The lowest BCUT2D eigenvalue weighted by Crippen LogP contribution is -2.01. The summed E-state index contributed by atoms with van der Waals surface area (Å²) >= 11 is 4.29. The SMILES string of the molecule is CC(OC(=O)[S])c1ccccc1. The summed E-state index contributed by atoms with van der Waals surface area (Å²) in [6.07, 6.45) is -0.254. The highest BCUT2D eigenvalue weighted by Crippen LogP contribution is 2.16. The fourth-order valence-corrected chi connectivity index (χ4v) is 1.08. The first kappa shape index (κ1) is 9.00. The van der Waals surface area contributed by atoms with Crippen LogP contribution in [0.25, 0.3) is 0 Å². The van der Waals surface area contributed by atoms with E-state index in [1.807, 2.05) is 30.3 Å². The molecule has 0 aromatic heterocycles. The van der Waals surface area contributed by atoms with Gasteiger partial charge in [0.25, 0.3) is 0 Å². The van der Waals surface area contributed by atoms with Gasteiger partial charge in [-0.3, -0.25) is 0 Å². The van der Waals surface area contributed by atoms with Crippen LogP contribution in [0.1, 0.15) is 18.6 Å². The number of ether oxygens (including phenoxy) is 1. The Morgan fingerprint density at radius 3 is 2.50 bits per heavy atom. The normalized spacial score (nSPS) is 12.1. The summed E-state index contributed by atoms with van der Waals surface area (Å²) in [5.41, 5.74) is 0.954. The van der Waals surface area contributed by atoms with Crippen molar-refractivity contribution in [3.05, 3.63) is 35.9 Å². The molecule has 0 N–H and O–H groups in total. The summed E-state index contributed by atoms with van der Waals surface area (Å²) in [5.74, 6) is 0. The number of hydrogen-bond acceptors (Lipinski definition) is 2. The molecule has 0 amide bonds. The van der Waals surface area contributed by atoms with Gasteiger partial charge in [-0.05, 0) is 12.5 Å². The van der Waals surface area contributed by atoms with Crippen LogP contribution in [0.3, 0.4) is 0 Å². The zero-order valence-corrected chi connectivity index (χ0v) is 7.51. The molecule has 1 atom stereocenters. The minimum atomic E-state index is -0.661. The molecular weight excluding hydrogens is 172 g/mol. The number of rotatable bonds is 2. The Balaban J connectivity index is 2.65. The molecule has 63 valence electrons. The number of hydrogen-bond donors (Lipinski definition) is 0. The van der Waals surface area contributed by atoms with Crippen molar-refractivity contribution in [3.63, 3.8) is 0 Å². The zero-order chi connectivity index (χ0) is 8.97. The molecule has 0 bridgehead atoms. The first-order valence-electron chi connectivity index (χ1n) is 3.62. The van der Waals surface area contributed by atoms with Crippen molar-refractivity contribution >= 4 is 17.9 Å². The molecule has 1 radical (unpaired) electrons. The Hall–Kier alpha value is -1.09. The van der Waals surface area contributed by atoms with E-state index in [1.54, 1.807) is 6.92 Å². The predicted octanol–water partition coefficient (Wildman–Crippen LogP) is 3.08. The predicted molar refractivity (Wildman–Crippen MR) is 48.9 cm³/mol. The lowest BCUT2D eigenvalue weighted by molar-refractivity contribution is 0.134. The molecule has 1 unspecified atom stereocenters. The van der Waals surface area contributed by atoms with Crippen molar-refractivity contribution in [3.8, 4) is 0 Å². The second-order valence-corrected chi connectivity index (χ2v) is 2.75. The van der Waals surface area contributed by atoms with Gasteiger partial charge in [0.1, 0.15) is 6.10 Å². The highest BCUT2D eigenvalue weighted by Gasteiger charge is 2.07. The molecule has 1 aromatic carbocycles. The fourth-order valence-electron chi connectivity index (χ4n) is 0.936. The molecule has 1 aromatic rings. The molecule has 12 heavy (non-hydrogen) atoms. The summed E-state index contributed by atoms with van der Waals surface area (Å²) in [6, 6.07) is 9.48. The third kappa shape index (κ3) is 2.51. The molecule has 0 aliphatic rings. The van der Waals surface area contributed by atoms with Crippen LogP contribution in [0.5, 0.6) is 0 Å². The minimum absolute atomic E-state index is 0.254. The second kappa shape index (κ2) is 4.07. The number of carbonyl (C=O) groups is 1. The first-order chi connectivity index (χ1) is 5.70. The summed E-state index contributed by atoms with van der Waals surface area (Å²) in [5, 5.41) is -0.661. The molecule has 0 fully saturated rings. The van der Waals surface area contributed by atoms with Crippen molar-refractivity contribution < 1.29 is 9.53 Å². The quantitative estimate of drug-likeness (QED) is 0.655. The maximum Gasteiger partial charge on any atom is 0.400 e. The Kier molecular flexibility index (Phi) is 3.05. The van der Waals surface area contributed by atoms with Gasteiger partial charge in [0.15, 0.2) is 0 Å². The van der Waals surface area contributed by atoms with Crippen LogP contribution < -0.4 is 0 Å². The highest BCUT2D eigenvalue weighted by molar-refractivity contribution is 7.96. The van der Waals surface area contributed by atoms with Crippen LogP contribution in [0.4, 0.5) is 4.79 Å². The van der Waals surface area contributed by atoms with Crippen LogP contribution in [0.15, 0.2) is 30.3 Å². The van der Waals surface area contributed by atoms with Crippen molar-refractivity contribution in [2.75, 3.05) is 0 Å². The van der Waals surface area contributed by atoms with Crippen LogP contribution in [0.2, 0.25) is 0 Å². The van der Waals surface area contributed by atoms with E-state index >= 15 is 0 Å².